The number of halogens is 1. The van der Waals surface area contributed by atoms with Gasteiger partial charge in [-0.05, 0) is 54.1 Å². The van der Waals surface area contributed by atoms with Crippen LogP contribution in [0.1, 0.15) is 17.2 Å². The lowest BCUT2D eigenvalue weighted by atomic mass is 9.95. The van der Waals surface area contributed by atoms with Crippen molar-refractivity contribution < 1.29 is 33.6 Å². The Hall–Kier alpha value is -4.28. The highest BCUT2D eigenvalue weighted by atomic mass is 35.5. The molecule has 1 atom stereocenters. The molecule has 0 spiro atoms. The summed E-state index contributed by atoms with van der Waals surface area (Å²) in [6.07, 6.45) is 0. The summed E-state index contributed by atoms with van der Waals surface area (Å²) in [7, 11) is 3.00. The minimum atomic E-state index is -1.01. The molecule has 0 aliphatic carbocycles. The van der Waals surface area contributed by atoms with Crippen LogP contribution in [-0.4, -0.2) is 49.2 Å². The number of methoxy groups -OCH3 is 2. The van der Waals surface area contributed by atoms with Gasteiger partial charge in [0.2, 0.25) is 0 Å². The average Bonchev–Trinajstić information content (AvgIpc) is 3.49. The quantitative estimate of drug-likeness (QED) is 0.196. The van der Waals surface area contributed by atoms with Crippen molar-refractivity contribution in [1.82, 2.24) is 4.98 Å². The van der Waals surface area contributed by atoms with Gasteiger partial charge >= 0.3 is 5.91 Å². The Kier molecular flexibility index (Phi) is 6.28. The molecule has 0 saturated carbocycles. The summed E-state index contributed by atoms with van der Waals surface area (Å²) in [5, 5.41) is 12.3. The number of carbonyl (C=O) groups is 2. The van der Waals surface area contributed by atoms with Crippen LogP contribution in [0.3, 0.4) is 0 Å². The van der Waals surface area contributed by atoms with Crippen molar-refractivity contribution in [3.05, 3.63) is 76.3 Å². The van der Waals surface area contributed by atoms with E-state index in [9.17, 15) is 14.7 Å². The second kappa shape index (κ2) is 9.79. The first-order chi connectivity index (χ1) is 18.9. The van der Waals surface area contributed by atoms with Crippen LogP contribution in [0.2, 0.25) is 5.02 Å². The minimum absolute atomic E-state index is 0.0961. The lowest BCUT2D eigenvalue weighted by Crippen LogP contribution is -2.29. The van der Waals surface area contributed by atoms with Crippen molar-refractivity contribution in [2.75, 3.05) is 32.3 Å². The second-order valence-electron chi connectivity index (χ2n) is 8.75. The maximum Gasteiger partial charge on any atom is 0.301 e. The number of aliphatic hydroxyl groups excluding tert-OH is 1. The number of ketones is 1. The first-order valence-electron chi connectivity index (χ1n) is 11.9. The third-order valence-corrected chi connectivity index (χ3v) is 7.78. The number of benzene rings is 3. The van der Waals surface area contributed by atoms with Gasteiger partial charge in [-0.15, -0.1) is 0 Å². The Labute approximate surface area is 231 Å². The molecular weight excluding hydrogens is 544 g/mol. The highest BCUT2D eigenvalue weighted by Crippen LogP contribution is 2.46. The molecule has 3 aromatic carbocycles. The number of rotatable bonds is 5. The molecule has 1 unspecified atom stereocenters. The SMILES string of the molecule is COc1ccc(C2C(=C(O)c3ccc4c(c3)OCCO4)C(=O)C(=O)N2c2nc3ccc(Cl)cc3s2)cc1OC. The largest absolute Gasteiger partial charge is 0.507 e. The number of hydrogen-bond acceptors (Lipinski definition) is 9. The molecule has 1 N–H and O–H groups in total. The Morgan fingerprint density at radius 3 is 2.54 bits per heavy atom. The van der Waals surface area contributed by atoms with E-state index in [1.54, 1.807) is 54.6 Å². The van der Waals surface area contributed by atoms with Gasteiger partial charge in [-0.3, -0.25) is 14.5 Å². The van der Waals surface area contributed by atoms with Crippen molar-refractivity contribution in [3.63, 3.8) is 0 Å². The highest BCUT2D eigenvalue weighted by molar-refractivity contribution is 7.22. The van der Waals surface area contributed by atoms with Gasteiger partial charge in [0.25, 0.3) is 5.78 Å². The summed E-state index contributed by atoms with van der Waals surface area (Å²) in [5.74, 6) is -0.181. The van der Waals surface area contributed by atoms with Gasteiger partial charge < -0.3 is 24.1 Å². The number of hydrogen-bond donors (Lipinski definition) is 1. The van der Waals surface area contributed by atoms with Gasteiger partial charge in [0.1, 0.15) is 19.0 Å². The second-order valence-corrected chi connectivity index (χ2v) is 10.2. The fraction of sp³-hybridized carbons (Fsp3) is 0.179. The van der Waals surface area contributed by atoms with E-state index >= 15 is 0 Å². The number of ether oxygens (including phenoxy) is 4. The molecule has 2 aliphatic heterocycles. The minimum Gasteiger partial charge on any atom is -0.507 e. The van der Waals surface area contributed by atoms with Crippen LogP contribution in [0.25, 0.3) is 16.0 Å². The van der Waals surface area contributed by atoms with Gasteiger partial charge in [-0.1, -0.05) is 29.0 Å². The van der Waals surface area contributed by atoms with Crippen molar-refractivity contribution in [1.29, 1.82) is 0 Å². The number of aromatic nitrogens is 1. The number of amides is 1. The summed E-state index contributed by atoms with van der Waals surface area (Å²) in [6.45, 7) is 0.769. The summed E-state index contributed by atoms with van der Waals surface area (Å²) in [5.41, 5.74) is 1.35. The van der Waals surface area contributed by atoms with E-state index in [4.69, 9.17) is 30.5 Å². The van der Waals surface area contributed by atoms with Crippen LogP contribution in [0.15, 0.2) is 60.2 Å². The topological polar surface area (TPSA) is 107 Å². The Balaban J connectivity index is 1.56. The summed E-state index contributed by atoms with van der Waals surface area (Å²) in [4.78, 5) is 33.0. The lowest BCUT2D eigenvalue weighted by Gasteiger charge is -2.24. The molecule has 0 radical (unpaired) electrons. The molecule has 39 heavy (non-hydrogen) atoms. The highest BCUT2D eigenvalue weighted by Gasteiger charge is 2.48. The molecule has 6 rings (SSSR count). The maximum absolute atomic E-state index is 13.6. The monoisotopic (exact) mass is 564 g/mol. The standard InChI is InChI=1S/C28H21ClN2O7S/c1-35-18-7-3-14(11-20(18)36-2)24-23(25(32)15-4-8-19-21(12-15)38-10-9-37-19)26(33)27(34)31(24)28-30-17-6-5-16(29)13-22(17)39-28/h3-8,11-13,24,32H,9-10H2,1-2H3. The van der Waals surface area contributed by atoms with Gasteiger partial charge in [-0.25, -0.2) is 4.98 Å². The average molecular weight is 565 g/mol. The predicted molar refractivity (Wildman–Crippen MR) is 146 cm³/mol. The summed E-state index contributed by atoms with van der Waals surface area (Å²) in [6, 6.07) is 14.1. The van der Waals surface area contributed by atoms with E-state index in [2.05, 4.69) is 4.98 Å². The zero-order chi connectivity index (χ0) is 27.3. The fourth-order valence-electron chi connectivity index (χ4n) is 4.70. The van der Waals surface area contributed by atoms with Gasteiger partial charge in [0.05, 0.1) is 36.1 Å². The zero-order valence-electron chi connectivity index (χ0n) is 20.8. The van der Waals surface area contributed by atoms with Crippen LogP contribution < -0.4 is 23.8 Å². The van der Waals surface area contributed by atoms with Crippen LogP contribution in [-0.2, 0) is 9.59 Å². The van der Waals surface area contributed by atoms with E-state index in [-0.39, 0.29) is 16.5 Å². The van der Waals surface area contributed by atoms with Gasteiger partial charge in [0, 0.05) is 10.6 Å². The van der Waals surface area contributed by atoms with Gasteiger partial charge in [-0.2, -0.15) is 0 Å². The number of carbonyl (C=O) groups excluding carboxylic acids is 2. The Bertz CT molecular complexity index is 1680. The number of Topliss-reactive ketones (excluding diaryl/α,β-unsaturated/α-hetero) is 1. The predicted octanol–water partition coefficient (Wildman–Crippen LogP) is 5.36. The Morgan fingerprint density at radius 1 is 1.00 bits per heavy atom. The van der Waals surface area contributed by atoms with E-state index in [1.165, 1.54) is 30.5 Å². The normalized spacial score (nSPS) is 18.0. The first-order valence-corrected chi connectivity index (χ1v) is 13.1. The molecule has 1 aromatic heterocycles. The molecule has 3 heterocycles. The fourth-order valence-corrected chi connectivity index (χ4v) is 5.97. The van der Waals surface area contributed by atoms with Gasteiger partial charge in [0.15, 0.2) is 28.1 Å². The van der Waals surface area contributed by atoms with E-state index in [1.807, 2.05) is 0 Å². The molecule has 0 bridgehead atoms. The van der Waals surface area contributed by atoms with Crippen molar-refractivity contribution in [2.24, 2.45) is 0 Å². The van der Waals surface area contributed by atoms with Crippen molar-refractivity contribution in [2.45, 2.75) is 6.04 Å². The molecule has 1 saturated heterocycles. The number of thiazole rings is 1. The molecule has 11 heteroatoms. The lowest BCUT2D eigenvalue weighted by molar-refractivity contribution is -0.132. The van der Waals surface area contributed by atoms with Crippen molar-refractivity contribution in [3.8, 4) is 23.0 Å². The Morgan fingerprint density at radius 2 is 1.77 bits per heavy atom. The first kappa shape index (κ1) is 25.0. The molecule has 4 aromatic rings. The molecule has 9 nitrogen and oxygen atoms in total. The van der Waals surface area contributed by atoms with E-state index < -0.39 is 17.7 Å². The maximum atomic E-state index is 13.6. The van der Waals surface area contributed by atoms with Crippen LogP contribution in [0.5, 0.6) is 23.0 Å². The summed E-state index contributed by atoms with van der Waals surface area (Å²) < 4.78 is 22.8. The smallest absolute Gasteiger partial charge is 0.301 e. The van der Waals surface area contributed by atoms with E-state index in [0.29, 0.717) is 57.9 Å². The number of fused-ring (bicyclic) bond motifs is 2. The zero-order valence-corrected chi connectivity index (χ0v) is 22.3. The number of aliphatic hydroxyl groups is 1. The molecular formula is C28H21ClN2O7S. The number of anilines is 1. The third kappa shape index (κ3) is 4.21. The van der Waals surface area contributed by atoms with Crippen LogP contribution in [0, 0.1) is 0 Å². The molecule has 198 valence electrons. The summed E-state index contributed by atoms with van der Waals surface area (Å²) >= 11 is 7.39. The van der Waals surface area contributed by atoms with E-state index in [0.717, 1.165) is 4.70 Å². The van der Waals surface area contributed by atoms with Crippen LogP contribution in [0.4, 0.5) is 5.13 Å². The molecule has 2 aliphatic rings. The van der Waals surface area contributed by atoms with Crippen molar-refractivity contribution >= 4 is 55.7 Å². The third-order valence-electron chi connectivity index (χ3n) is 6.53. The van der Waals surface area contributed by atoms with Crippen LogP contribution >= 0.6 is 22.9 Å². The number of nitrogens with zero attached hydrogens (tertiary/aromatic N) is 2. The molecule has 1 fully saturated rings. The molecule has 1 amide bonds.